The van der Waals surface area contributed by atoms with Crippen LogP contribution in [0.3, 0.4) is 0 Å². The van der Waals surface area contributed by atoms with Gasteiger partial charge in [0.05, 0.1) is 5.69 Å². The summed E-state index contributed by atoms with van der Waals surface area (Å²) in [5.41, 5.74) is 1.71. The van der Waals surface area contributed by atoms with Crippen molar-refractivity contribution in [3.63, 3.8) is 0 Å². The zero-order valence-electron chi connectivity index (χ0n) is 13.9. The topological polar surface area (TPSA) is 68.6 Å². The molecule has 5 nitrogen and oxygen atoms in total. The molecule has 0 saturated heterocycles. The maximum atomic E-state index is 12.6. The van der Waals surface area contributed by atoms with E-state index < -0.39 is 5.97 Å². The number of nitrogens with zero attached hydrogens (tertiary/aromatic N) is 2. The predicted molar refractivity (Wildman–Crippen MR) is 112 cm³/mol. The van der Waals surface area contributed by atoms with Crippen LogP contribution in [0.5, 0.6) is 5.75 Å². The molecule has 0 atom stereocenters. The highest BCUT2D eigenvalue weighted by Crippen LogP contribution is 2.30. The first-order valence-electron chi connectivity index (χ1n) is 7.67. The maximum absolute atomic E-state index is 12.6. The average Bonchev–Trinajstić information content (AvgIpc) is 2.65. The van der Waals surface area contributed by atoms with Crippen LogP contribution in [0.25, 0.3) is 11.3 Å². The van der Waals surface area contributed by atoms with Gasteiger partial charge in [0.2, 0.25) is 0 Å². The van der Waals surface area contributed by atoms with Gasteiger partial charge in [0, 0.05) is 19.5 Å². The Morgan fingerprint density at radius 3 is 2.52 bits per heavy atom. The van der Waals surface area contributed by atoms with Crippen LogP contribution in [0.4, 0.5) is 5.69 Å². The van der Waals surface area contributed by atoms with Crippen molar-refractivity contribution in [2.45, 2.75) is 6.92 Å². The molecule has 0 saturated carbocycles. The molecule has 3 aromatic rings. The van der Waals surface area contributed by atoms with Crippen LogP contribution in [0.1, 0.15) is 16.1 Å². The third-order valence-electron chi connectivity index (χ3n) is 3.72. The van der Waals surface area contributed by atoms with Crippen LogP contribution in [0, 0.1) is 11.8 Å². The largest absolute Gasteiger partial charge is 0.421 e. The summed E-state index contributed by atoms with van der Waals surface area (Å²) in [6.45, 7) is 1.76. The van der Waals surface area contributed by atoms with E-state index in [1.165, 1.54) is 6.07 Å². The molecule has 3 rings (SSSR count). The number of halogens is 3. The molecule has 27 heavy (non-hydrogen) atoms. The highest BCUT2D eigenvalue weighted by Gasteiger charge is 2.19. The number of carbonyl (C=O) groups is 1. The standard InChI is InChI=1S/C19H11Br2ClN2O3/c1-10-8-12(22)3-7-17(10)27-19(25)18-16(24-26)6-5-15(23-18)11-2-4-13(20)14(21)9-11/h2-9H,1H3. The fourth-order valence-electron chi connectivity index (χ4n) is 2.37. The summed E-state index contributed by atoms with van der Waals surface area (Å²) in [7, 11) is 0. The minimum absolute atomic E-state index is 0.0912. The van der Waals surface area contributed by atoms with Crippen molar-refractivity contribution in [1.29, 1.82) is 0 Å². The molecule has 0 N–H and O–H groups in total. The molecule has 0 aliphatic carbocycles. The van der Waals surface area contributed by atoms with E-state index in [1.807, 2.05) is 18.2 Å². The molecule has 0 fully saturated rings. The van der Waals surface area contributed by atoms with Gasteiger partial charge in [0.15, 0.2) is 5.69 Å². The molecule has 0 radical (unpaired) electrons. The molecular weight excluding hydrogens is 499 g/mol. The third kappa shape index (κ3) is 4.43. The summed E-state index contributed by atoms with van der Waals surface area (Å²) in [5.74, 6) is -0.437. The van der Waals surface area contributed by atoms with Gasteiger partial charge in [-0.2, -0.15) is 0 Å². The number of hydrogen-bond acceptors (Lipinski definition) is 5. The lowest BCUT2D eigenvalue weighted by Gasteiger charge is -2.10. The van der Waals surface area contributed by atoms with Gasteiger partial charge in [-0.3, -0.25) is 0 Å². The van der Waals surface area contributed by atoms with E-state index in [1.54, 1.807) is 31.2 Å². The first kappa shape index (κ1) is 19.7. The average molecular weight is 511 g/mol. The quantitative estimate of drug-likeness (QED) is 0.219. The SMILES string of the molecule is Cc1cc(Cl)ccc1OC(=O)c1nc(-c2ccc(Br)c(Br)c2)ccc1N=O. The van der Waals surface area contributed by atoms with E-state index in [4.69, 9.17) is 16.3 Å². The Morgan fingerprint density at radius 2 is 1.85 bits per heavy atom. The van der Waals surface area contributed by atoms with Gasteiger partial charge in [0.1, 0.15) is 11.4 Å². The zero-order valence-corrected chi connectivity index (χ0v) is 17.8. The fraction of sp³-hybridized carbons (Fsp3) is 0.0526. The molecule has 0 spiro atoms. The summed E-state index contributed by atoms with van der Waals surface area (Å²) in [6, 6.07) is 13.5. The number of esters is 1. The maximum Gasteiger partial charge on any atom is 0.364 e. The summed E-state index contributed by atoms with van der Waals surface area (Å²) < 4.78 is 7.10. The first-order chi connectivity index (χ1) is 12.9. The molecule has 0 amide bonds. The molecule has 0 unspecified atom stereocenters. The molecule has 0 aliphatic heterocycles. The zero-order chi connectivity index (χ0) is 19.6. The number of benzene rings is 2. The van der Waals surface area contributed by atoms with E-state index in [0.29, 0.717) is 22.0 Å². The molecule has 0 bridgehead atoms. The highest BCUT2D eigenvalue weighted by atomic mass is 79.9. The second-order valence-corrected chi connectivity index (χ2v) is 7.73. The van der Waals surface area contributed by atoms with Crippen LogP contribution in [-0.4, -0.2) is 11.0 Å². The van der Waals surface area contributed by atoms with E-state index in [2.05, 4.69) is 42.0 Å². The summed E-state index contributed by atoms with van der Waals surface area (Å²) >= 11 is 12.7. The molecule has 2 aromatic carbocycles. The number of rotatable bonds is 4. The Kier molecular flexibility index (Phi) is 6.04. The van der Waals surface area contributed by atoms with E-state index in [-0.39, 0.29) is 11.4 Å². The van der Waals surface area contributed by atoms with Crippen LogP contribution in [0.2, 0.25) is 5.02 Å². The Balaban J connectivity index is 1.99. The lowest BCUT2D eigenvalue weighted by atomic mass is 10.1. The van der Waals surface area contributed by atoms with Crippen LogP contribution < -0.4 is 4.74 Å². The number of nitroso groups, excluding NO2 is 1. The Hall–Kier alpha value is -2.09. The first-order valence-corrected chi connectivity index (χ1v) is 9.63. The number of pyridine rings is 1. The van der Waals surface area contributed by atoms with Gasteiger partial charge in [-0.15, -0.1) is 4.91 Å². The van der Waals surface area contributed by atoms with Gasteiger partial charge < -0.3 is 4.74 Å². The monoisotopic (exact) mass is 508 g/mol. The van der Waals surface area contributed by atoms with Crippen LogP contribution in [-0.2, 0) is 0 Å². The van der Waals surface area contributed by atoms with E-state index in [0.717, 1.165) is 14.5 Å². The van der Waals surface area contributed by atoms with Crippen molar-refractivity contribution < 1.29 is 9.53 Å². The Labute approximate surface area is 177 Å². The van der Waals surface area contributed by atoms with Crippen molar-refractivity contribution >= 4 is 55.1 Å². The minimum Gasteiger partial charge on any atom is -0.421 e. The van der Waals surface area contributed by atoms with Gasteiger partial charge in [-0.25, -0.2) is 9.78 Å². The van der Waals surface area contributed by atoms with Crippen molar-refractivity contribution in [1.82, 2.24) is 4.98 Å². The molecular formula is C19H11Br2ClN2O3. The molecule has 0 aliphatic rings. The lowest BCUT2D eigenvalue weighted by molar-refractivity contribution is 0.0728. The van der Waals surface area contributed by atoms with Crippen LogP contribution in [0.15, 0.2) is 62.7 Å². The predicted octanol–water partition coefficient (Wildman–Crippen LogP) is 6.85. The number of ether oxygens (including phenoxy) is 1. The van der Waals surface area contributed by atoms with Crippen molar-refractivity contribution in [3.05, 3.63) is 78.7 Å². The van der Waals surface area contributed by atoms with Gasteiger partial charge >= 0.3 is 5.97 Å². The molecule has 136 valence electrons. The number of carbonyl (C=O) groups excluding carboxylic acids is 1. The molecule has 8 heteroatoms. The van der Waals surface area contributed by atoms with Crippen molar-refractivity contribution in [2.24, 2.45) is 5.18 Å². The van der Waals surface area contributed by atoms with Gasteiger partial charge in [0.25, 0.3) is 0 Å². The molecule has 1 heterocycles. The van der Waals surface area contributed by atoms with Gasteiger partial charge in [-0.1, -0.05) is 17.7 Å². The number of aryl methyl sites for hydroxylation is 1. The lowest BCUT2D eigenvalue weighted by Crippen LogP contribution is -2.12. The third-order valence-corrected chi connectivity index (χ3v) is 5.84. The highest BCUT2D eigenvalue weighted by molar-refractivity contribution is 9.13. The second kappa shape index (κ2) is 8.29. The van der Waals surface area contributed by atoms with Crippen LogP contribution >= 0.6 is 43.5 Å². The Bertz CT molecular complexity index is 1060. The molecule has 1 aromatic heterocycles. The number of hydrogen-bond donors (Lipinski definition) is 0. The number of aromatic nitrogens is 1. The van der Waals surface area contributed by atoms with E-state index >= 15 is 0 Å². The van der Waals surface area contributed by atoms with Crippen molar-refractivity contribution in [3.8, 4) is 17.0 Å². The summed E-state index contributed by atoms with van der Waals surface area (Å²) in [4.78, 5) is 28.0. The smallest absolute Gasteiger partial charge is 0.364 e. The minimum atomic E-state index is -0.770. The summed E-state index contributed by atoms with van der Waals surface area (Å²) in [6.07, 6.45) is 0. The second-order valence-electron chi connectivity index (χ2n) is 5.58. The van der Waals surface area contributed by atoms with Crippen molar-refractivity contribution in [2.75, 3.05) is 0 Å². The van der Waals surface area contributed by atoms with Gasteiger partial charge in [-0.05, 0) is 92.0 Å². The Morgan fingerprint density at radius 1 is 1.07 bits per heavy atom. The fourth-order valence-corrected chi connectivity index (χ4v) is 3.22. The normalized spacial score (nSPS) is 10.5. The van der Waals surface area contributed by atoms with E-state index in [9.17, 15) is 9.70 Å². The summed E-state index contributed by atoms with van der Waals surface area (Å²) in [5, 5.41) is 3.42.